The van der Waals surface area contributed by atoms with Crippen LogP contribution in [0.3, 0.4) is 0 Å². The Morgan fingerprint density at radius 3 is 2.44 bits per heavy atom. The van der Waals surface area contributed by atoms with Crippen molar-refractivity contribution in [2.24, 2.45) is 5.41 Å². The predicted octanol–water partition coefficient (Wildman–Crippen LogP) is 8.83. The Morgan fingerprint density at radius 2 is 1.82 bits per heavy atom. The van der Waals surface area contributed by atoms with E-state index in [0.717, 1.165) is 18.2 Å². The third-order valence-electron chi connectivity index (χ3n) is 8.33. The number of halogens is 5. The molecule has 3 heterocycles. The molecule has 0 saturated carbocycles. The van der Waals surface area contributed by atoms with Crippen molar-refractivity contribution in [1.82, 2.24) is 9.55 Å². The van der Waals surface area contributed by atoms with E-state index in [0.29, 0.717) is 48.4 Å². The number of benzene rings is 2. The summed E-state index contributed by atoms with van der Waals surface area (Å²) >= 11 is 0. The van der Waals surface area contributed by atoms with Crippen molar-refractivity contribution >= 4 is 24.9 Å². The van der Waals surface area contributed by atoms with Crippen molar-refractivity contribution in [2.45, 2.75) is 64.8 Å². The molecule has 0 spiro atoms. The molecule has 1 aliphatic heterocycles. The summed E-state index contributed by atoms with van der Waals surface area (Å²) in [6, 6.07) is 10.4. The number of ether oxygens (including phenoxy) is 4. The van der Waals surface area contributed by atoms with Crippen LogP contribution in [0.4, 0.5) is 22.0 Å². The van der Waals surface area contributed by atoms with Gasteiger partial charge in [-0.15, -0.1) is 0 Å². The Balaban J connectivity index is 1.47. The minimum Gasteiger partial charge on any atom is -0.483 e. The first-order chi connectivity index (χ1) is 23.5. The first-order valence-corrected chi connectivity index (χ1v) is 19.8. The quantitative estimate of drug-likeness (QED) is 0.0690. The van der Waals surface area contributed by atoms with Crippen LogP contribution in [0.5, 0.6) is 17.2 Å². The molecule has 0 amide bonds. The number of nitrogens with zero attached hydrogens (tertiary/aromatic N) is 3. The SMILES string of the molecule is CC1(CCC(=O)Cc2cc(F)c(Oc3ccnc4c3c(-c3ccc(OCC(F)(F)F)c(C#N)c3)cn4COCC[Si](C)(C)C)c(F)c2)COC1. The van der Waals surface area contributed by atoms with E-state index in [-0.39, 0.29) is 53.4 Å². The largest absolute Gasteiger partial charge is 0.483 e. The number of hydrogen-bond donors (Lipinski definition) is 0. The third-order valence-corrected chi connectivity index (χ3v) is 10.0. The highest BCUT2D eigenvalue weighted by Crippen LogP contribution is 2.41. The number of ketones is 1. The number of rotatable bonds is 15. The first-order valence-electron chi connectivity index (χ1n) is 16.1. The molecule has 266 valence electrons. The maximum atomic E-state index is 15.5. The van der Waals surface area contributed by atoms with Gasteiger partial charge < -0.3 is 23.5 Å². The highest BCUT2D eigenvalue weighted by molar-refractivity contribution is 6.76. The van der Waals surface area contributed by atoms with Gasteiger partial charge in [0, 0.05) is 50.9 Å². The van der Waals surface area contributed by atoms with E-state index >= 15 is 8.78 Å². The molecule has 2 aromatic carbocycles. The molecule has 5 rings (SSSR count). The number of hydrogen-bond acceptors (Lipinski definition) is 7. The molecule has 0 bridgehead atoms. The van der Waals surface area contributed by atoms with Crippen LogP contribution in [-0.2, 0) is 27.4 Å². The molecule has 2 aromatic heterocycles. The predicted molar refractivity (Wildman–Crippen MR) is 179 cm³/mol. The Hall–Kier alpha value is -4.32. The van der Waals surface area contributed by atoms with Crippen molar-refractivity contribution in [1.29, 1.82) is 5.26 Å². The monoisotopic (exact) mass is 715 g/mol. The summed E-state index contributed by atoms with van der Waals surface area (Å²) in [6.45, 7) is 8.83. The second kappa shape index (κ2) is 14.9. The lowest BCUT2D eigenvalue weighted by Gasteiger charge is -2.37. The fraction of sp³-hybridized carbons (Fsp3) is 0.417. The summed E-state index contributed by atoms with van der Waals surface area (Å²) < 4.78 is 93.0. The topological polar surface area (TPSA) is 95.6 Å². The minimum absolute atomic E-state index is 0.0272. The second-order valence-corrected chi connectivity index (χ2v) is 19.7. The van der Waals surface area contributed by atoms with Crippen molar-refractivity contribution in [3.8, 4) is 34.4 Å². The summed E-state index contributed by atoms with van der Waals surface area (Å²) in [5.41, 5.74) is 1.12. The van der Waals surface area contributed by atoms with Gasteiger partial charge in [0.25, 0.3) is 0 Å². The zero-order valence-corrected chi connectivity index (χ0v) is 29.3. The second-order valence-electron chi connectivity index (χ2n) is 14.1. The fourth-order valence-electron chi connectivity index (χ4n) is 5.47. The number of nitriles is 1. The highest BCUT2D eigenvalue weighted by atomic mass is 28.3. The zero-order valence-electron chi connectivity index (χ0n) is 28.3. The normalized spacial score (nSPS) is 14.3. The molecule has 4 aromatic rings. The Morgan fingerprint density at radius 1 is 1.10 bits per heavy atom. The van der Waals surface area contributed by atoms with Gasteiger partial charge >= 0.3 is 6.18 Å². The van der Waals surface area contributed by atoms with Gasteiger partial charge in [0.15, 0.2) is 24.0 Å². The Kier molecular flexibility index (Phi) is 11.0. The summed E-state index contributed by atoms with van der Waals surface area (Å²) in [7, 11) is -1.40. The van der Waals surface area contributed by atoms with E-state index in [1.165, 1.54) is 30.5 Å². The average molecular weight is 716 g/mol. The number of Topliss-reactive ketones (excluding diaryl/α,β-unsaturated/α-hetero) is 1. The van der Waals surface area contributed by atoms with Crippen molar-refractivity contribution < 1.29 is 45.7 Å². The highest BCUT2D eigenvalue weighted by Gasteiger charge is 2.33. The number of alkyl halides is 3. The average Bonchev–Trinajstić information content (AvgIpc) is 3.40. The van der Waals surface area contributed by atoms with Crippen LogP contribution in [0.15, 0.2) is 48.8 Å². The maximum Gasteiger partial charge on any atom is 0.422 e. The van der Waals surface area contributed by atoms with Crippen LogP contribution >= 0.6 is 0 Å². The van der Waals surface area contributed by atoms with E-state index in [1.54, 1.807) is 10.8 Å². The molecule has 8 nitrogen and oxygen atoms in total. The lowest BCUT2D eigenvalue weighted by Crippen LogP contribution is -2.40. The fourth-order valence-corrected chi connectivity index (χ4v) is 6.23. The van der Waals surface area contributed by atoms with Crippen LogP contribution in [0, 0.1) is 28.4 Å². The molecular formula is C36H38F5N3O5Si. The summed E-state index contributed by atoms with van der Waals surface area (Å²) in [4.78, 5) is 17.1. The molecule has 0 aliphatic carbocycles. The van der Waals surface area contributed by atoms with E-state index in [2.05, 4.69) is 24.6 Å². The van der Waals surface area contributed by atoms with Gasteiger partial charge in [-0.1, -0.05) is 32.6 Å². The van der Waals surface area contributed by atoms with Gasteiger partial charge in [0.05, 0.1) is 24.2 Å². The summed E-state index contributed by atoms with van der Waals surface area (Å²) in [5, 5.41) is 10.1. The van der Waals surface area contributed by atoms with Gasteiger partial charge in [0.1, 0.15) is 35.7 Å². The molecule has 0 unspecified atom stereocenters. The molecule has 0 N–H and O–H groups in total. The van der Waals surface area contributed by atoms with Crippen molar-refractivity contribution in [3.05, 3.63) is 71.6 Å². The molecule has 14 heteroatoms. The first kappa shape index (κ1) is 36.9. The number of pyridine rings is 1. The molecule has 0 radical (unpaired) electrons. The van der Waals surface area contributed by atoms with Gasteiger partial charge in [-0.25, -0.2) is 13.8 Å². The van der Waals surface area contributed by atoms with E-state index < -0.39 is 38.2 Å². The summed E-state index contributed by atoms with van der Waals surface area (Å²) in [5.74, 6) is -3.08. The lowest BCUT2D eigenvalue weighted by atomic mass is 9.82. The van der Waals surface area contributed by atoms with Crippen molar-refractivity contribution in [2.75, 3.05) is 26.4 Å². The van der Waals surface area contributed by atoms with Crippen LogP contribution < -0.4 is 9.47 Å². The van der Waals surface area contributed by atoms with Gasteiger partial charge in [-0.3, -0.25) is 4.79 Å². The smallest absolute Gasteiger partial charge is 0.422 e. The number of fused-ring (bicyclic) bond motifs is 1. The molecule has 1 fully saturated rings. The van der Waals surface area contributed by atoms with Gasteiger partial charge in [-0.2, -0.15) is 18.4 Å². The molecule has 0 atom stereocenters. The number of carbonyl (C=O) groups excluding carboxylic acids is 1. The molecule has 50 heavy (non-hydrogen) atoms. The van der Waals surface area contributed by atoms with Crippen LogP contribution in [0.25, 0.3) is 22.2 Å². The molecular weight excluding hydrogens is 677 g/mol. The number of aromatic nitrogens is 2. The van der Waals surface area contributed by atoms with Gasteiger partial charge in [-0.05, 0) is 53.9 Å². The van der Waals surface area contributed by atoms with E-state index in [9.17, 15) is 23.2 Å². The standard InChI is InChI=1S/C36H38F5N3O5Si/c1-35(19-47-20-35)9-7-26(45)13-23-14-28(37)33(29(38)15-23)49-31-8-10-43-34-32(31)27(18-44(34)22-46-11-12-50(2,3)4)24-5-6-30(25(16-24)17-42)48-21-36(39,40)41/h5-6,8,10,14-16,18H,7,9,11-13,19-22H2,1-4H3. The van der Waals surface area contributed by atoms with E-state index in [4.69, 9.17) is 18.9 Å². The van der Waals surface area contributed by atoms with Crippen LogP contribution in [-0.4, -0.2) is 56.0 Å². The maximum absolute atomic E-state index is 15.5. The Bertz CT molecular complexity index is 1890. The molecule has 1 aliphatic rings. The zero-order chi connectivity index (χ0) is 36.3. The Labute approximate surface area is 287 Å². The minimum atomic E-state index is -4.60. The third kappa shape index (κ3) is 9.26. The van der Waals surface area contributed by atoms with Crippen LogP contribution in [0.2, 0.25) is 25.7 Å². The van der Waals surface area contributed by atoms with Crippen molar-refractivity contribution in [3.63, 3.8) is 0 Å². The van der Waals surface area contributed by atoms with Crippen LogP contribution in [0.1, 0.15) is 30.9 Å². The van der Waals surface area contributed by atoms with Gasteiger partial charge in [0.2, 0.25) is 0 Å². The number of carbonyl (C=O) groups is 1. The van der Waals surface area contributed by atoms with E-state index in [1.807, 2.05) is 13.0 Å². The lowest BCUT2D eigenvalue weighted by molar-refractivity contribution is -0.153. The summed E-state index contributed by atoms with van der Waals surface area (Å²) in [6.07, 6.45) is -0.774. The molecule has 1 saturated heterocycles.